The maximum absolute atomic E-state index is 12.4. The van der Waals surface area contributed by atoms with Crippen LogP contribution in [0.5, 0.6) is 0 Å². The number of hydrogen-bond acceptors (Lipinski definition) is 3. The molecule has 19 heavy (non-hydrogen) atoms. The molecule has 2 aliphatic rings. The largest absolute Gasteiger partial charge is 0.342 e. The summed E-state index contributed by atoms with van der Waals surface area (Å²) in [5.41, 5.74) is 1.18. The van der Waals surface area contributed by atoms with Gasteiger partial charge in [-0.05, 0) is 61.7 Å². The van der Waals surface area contributed by atoms with Crippen molar-refractivity contribution in [1.82, 2.24) is 10.2 Å². The van der Waals surface area contributed by atoms with Crippen LogP contribution in [0.2, 0.25) is 0 Å². The molecule has 3 rings (SSSR count). The van der Waals surface area contributed by atoms with Crippen molar-refractivity contribution in [3.8, 4) is 0 Å². The number of likely N-dealkylation sites (tertiary alicyclic amines) is 1. The van der Waals surface area contributed by atoms with Crippen LogP contribution in [0.25, 0.3) is 0 Å². The predicted molar refractivity (Wildman–Crippen MR) is 78.4 cm³/mol. The van der Waals surface area contributed by atoms with Crippen LogP contribution in [-0.4, -0.2) is 37.0 Å². The number of nitrogens with one attached hydrogen (secondary N) is 1. The third-order valence-corrected chi connectivity index (χ3v) is 5.39. The van der Waals surface area contributed by atoms with Crippen molar-refractivity contribution in [2.75, 3.05) is 26.2 Å². The minimum Gasteiger partial charge on any atom is -0.342 e. The number of piperidine rings is 2. The van der Waals surface area contributed by atoms with E-state index in [1.54, 1.807) is 11.3 Å². The minimum atomic E-state index is 0.307. The second-order valence-corrected chi connectivity index (χ2v) is 7.00. The van der Waals surface area contributed by atoms with Gasteiger partial charge in [0.2, 0.25) is 5.91 Å². The average molecular weight is 278 g/mol. The molecule has 0 aromatic carbocycles. The molecule has 1 N–H and O–H groups in total. The summed E-state index contributed by atoms with van der Waals surface area (Å²) < 4.78 is 0. The molecule has 1 amide bonds. The van der Waals surface area contributed by atoms with Gasteiger partial charge in [-0.2, -0.15) is 0 Å². The van der Waals surface area contributed by atoms with Crippen LogP contribution < -0.4 is 5.32 Å². The number of aryl methyl sites for hydroxylation is 1. The van der Waals surface area contributed by atoms with Crippen molar-refractivity contribution in [2.45, 2.75) is 26.2 Å². The third kappa shape index (κ3) is 3.00. The number of hydrogen-bond donors (Lipinski definition) is 1. The Morgan fingerprint density at radius 3 is 3.16 bits per heavy atom. The van der Waals surface area contributed by atoms with Crippen LogP contribution in [0.4, 0.5) is 0 Å². The summed E-state index contributed by atoms with van der Waals surface area (Å²) in [5.74, 6) is 1.83. The normalized spacial score (nSPS) is 27.1. The number of carbonyl (C=O) groups excluding carboxylic acids is 1. The molecule has 104 valence electrons. The van der Waals surface area contributed by atoms with Crippen LogP contribution in [0.3, 0.4) is 0 Å². The molecule has 1 aromatic rings. The molecule has 2 unspecified atom stereocenters. The topological polar surface area (TPSA) is 32.3 Å². The fourth-order valence-electron chi connectivity index (χ4n) is 3.37. The Balaban J connectivity index is 1.58. The maximum atomic E-state index is 12.4. The maximum Gasteiger partial charge on any atom is 0.227 e. The summed E-state index contributed by atoms with van der Waals surface area (Å²) in [4.78, 5) is 15.7. The first-order chi connectivity index (χ1) is 9.22. The molecule has 2 saturated heterocycles. The lowest BCUT2D eigenvalue weighted by atomic mass is 9.81. The second-order valence-electron chi connectivity index (χ2n) is 5.88. The highest BCUT2D eigenvalue weighted by Gasteiger charge is 2.32. The van der Waals surface area contributed by atoms with Gasteiger partial charge < -0.3 is 10.2 Å². The molecular formula is C15H22N2OS. The Labute approximate surface area is 119 Å². The van der Waals surface area contributed by atoms with Crippen molar-refractivity contribution in [3.63, 3.8) is 0 Å². The van der Waals surface area contributed by atoms with Gasteiger partial charge in [0.1, 0.15) is 0 Å². The Hall–Kier alpha value is -0.870. The minimum absolute atomic E-state index is 0.307. The van der Waals surface area contributed by atoms with E-state index in [0.29, 0.717) is 18.2 Å². The molecule has 0 bridgehead atoms. The Kier molecular flexibility index (Phi) is 3.89. The Bertz CT molecular complexity index is 457. The molecule has 4 heteroatoms. The zero-order chi connectivity index (χ0) is 13.2. The number of rotatable bonds is 2. The zero-order valence-corrected chi connectivity index (χ0v) is 12.3. The van der Waals surface area contributed by atoms with Gasteiger partial charge in [0, 0.05) is 18.0 Å². The summed E-state index contributed by atoms with van der Waals surface area (Å²) in [6.07, 6.45) is 3.06. The molecule has 0 aliphatic carbocycles. The van der Waals surface area contributed by atoms with E-state index >= 15 is 0 Å². The standard InChI is InChI=1S/C15H22N2OS/c1-11-6-12(10-19-11)7-15(18)17-5-3-13-2-4-16-8-14(13)9-17/h6,10,13-14,16H,2-5,7-9H2,1H3. The molecule has 3 nitrogen and oxygen atoms in total. The number of fused-ring (bicyclic) bond motifs is 1. The van der Waals surface area contributed by atoms with Crippen LogP contribution in [-0.2, 0) is 11.2 Å². The number of nitrogens with zero attached hydrogens (tertiary/aromatic N) is 1. The van der Waals surface area contributed by atoms with Gasteiger partial charge in [-0.1, -0.05) is 0 Å². The van der Waals surface area contributed by atoms with Gasteiger partial charge in [-0.25, -0.2) is 0 Å². The monoisotopic (exact) mass is 278 g/mol. The summed E-state index contributed by atoms with van der Waals surface area (Å²) in [7, 11) is 0. The number of carbonyl (C=O) groups is 1. The first kappa shape index (κ1) is 13.1. The molecule has 3 heterocycles. The smallest absolute Gasteiger partial charge is 0.227 e. The quantitative estimate of drug-likeness (QED) is 0.898. The van der Waals surface area contributed by atoms with Gasteiger partial charge in [-0.15, -0.1) is 11.3 Å². The van der Waals surface area contributed by atoms with Crippen molar-refractivity contribution in [1.29, 1.82) is 0 Å². The average Bonchev–Trinajstić information content (AvgIpc) is 2.83. The first-order valence-electron chi connectivity index (χ1n) is 7.25. The van der Waals surface area contributed by atoms with E-state index in [-0.39, 0.29) is 0 Å². The van der Waals surface area contributed by atoms with Crippen LogP contribution in [0, 0.1) is 18.8 Å². The summed E-state index contributed by atoms with van der Waals surface area (Å²) >= 11 is 1.73. The van der Waals surface area contributed by atoms with E-state index in [0.717, 1.165) is 32.1 Å². The highest BCUT2D eigenvalue weighted by molar-refractivity contribution is 7.10. The van der Waals surface area contributed by atoms with E-state index in [4.69, 9.17) is 0 Å². The first-order valence-corrected chi connectivity index (χ1v) is 8.13. The lowest BCUT2D eigenvalue weighted by molar-refractivity contribution is -0.133. The van der Waals surface area contributed by atoms with E-state index in [2.05, 4.69) is 28.6 Å². The molecule has 0 saturated carbocycles. The van der Waals surface area contributed by atoms with Crippen molar-refractivity contribution in [2.24, 2.45) is 11.8 Å². The SMILES string of the molecule is Cc1cc(CC(=O)N2CCC3CCNCC3C2)cs1. The fraction of sp³-hybridized carbons (Fsp3) is 0.667. The predicted octanol–water partition coefficient (Wildman–Crippen LogP) is 2.06. The zero-order valence-electron chi connectivity index (χ0n) is 11.5. The van der Waals surface area contributed by atoms with Gasteiger partial charge in [0.25, 0.3) is 0 Å². The van der Waals surface area contributed by atoms with Gasteiger partial charge in [0.15, 0.2) is 0 Å². The van der Waals surface area contributed by atoms with Crippen LogP contribution in [0.15, 0.2) is 11.4 Å². The molecular weight excluding hydrogens is 256 g/mol. The Morgan fingerprint density at radius 1 is 1.47 bits per heavy atom. The van der Waals surface area contributed by atoms with Crippen LogP contribution in [0.1, 0.15) is 23.3 Å². The lowest BCUT2D eigenvalue weighted by Gasteiger charge is -2.41. The fourth-order valence-corrected chi connectivity index (χ4v) is 4.08. The molecule has 0 radical (unpaired) electrons. The molecule has 2 fully saturated rings. The van der Waals surface area contributed by atoms with Crippen LogP contribution >= 0.6 is 11.3 Å². The van der Waals surface area contributed by atoms with Gasteiger partial charge >= 0.3 is 0 Å². The summed E-state index contributed by atoms with van der Waals surface area (Å²) in [6, 6.07) is 2.14. The van der Waals surface area contributed by atoms with Crippen molar-refractivity contribution >= 4 is 17.2 Å². The number of thiophene rings is 1. The Morgan fingerprint density at radius 2 is 2.37 bits per heavy atom. The molecule has 2 aliphatic heterocycles. The third-order valence-electron chi connectivity index (χ3n) is 4.48. The van der Waals surface area contributed by atoms with Crippen molar-refractivity contribution in [3.05, 3.63) is 21.9 Å². The molecule has 2 atom stereocenters. The molecule has 0 spiro atoms. The second kappa shape index (κ2) is 5.63. The number of amides is 1. The van der Waals surface area contributed by atoms with Gasteiger partial charge in [0.05, 0.1) is 6.42 Å². The molecule has 1 aromatic heterocycles. The lowest BCUT2D eigenvalue weighted by Crippen LogP contribution is -2.50. The highest BCUT2D eigenvalue weighted by atomic mass is 32.1. The summed E-state index contributed by atoms with van der Waals surface area (Å²) in [5, 5.41) is 5.57. The van der Waals surface area contributed by atoms with E-state index in [1.807, 2.05) is 0 Å². The highest BCUT2D eigenvalue weighted by Crippen LogP contribution is 2.28. The van der Waals surface area contributed by atoms with E-state index in [1.165, 1.54) is 23.3 Å². The van der Waals surface area contributed by atoms with E-state index < -0.39 is 0 Å². The van der Waals surface area contributed by atoms with E-state index in [9.17, 15) is 4.79 Å². The van der Waals surface area contributed by atoms with Crippen molar-refractivity contribution < 1.29 is 4.79 Å². The van der Waals surface area contributed by atoms with Gasteiger partial charge in [-0.3, -0.25) is 4.79 Å². The summed E-state index contributed by atoms with van der Waals surface area (Å²) in [6.45, 7) is 6.26.